The quantitative estimate of drug-likeness (QED) is 0.489. The van der Waals surface area contributed by atoms with Crippen molar-refractivity contribution in [2.24, 2.45) is 0 Å². The smallest absolute Gasteiger partial charge is 0.331 e. The van der Waals surface area contributed by atoms with Gasteiger partial charge in [0, 0.05) is 29.4 Å². The molecule has 0 spiro atoms. The van der Waals surface area contributed by atoms with Crippen LogP contribution in [0.5, 0.6) is 0 Å². The fourth-order valence-electron chi connectivity index (χ4n) is 2.41. The van der Waals surface area contributed by atoms with Crippen LogP contribution in [0.25, 0.3) is 17.0 Å². The number of amides is 1. The number of pyridine rings is 2. The number of anilines is 1. The molecule has 0 radical (unpaired) electrons. The highest BCUT2D eigenvalue weighted by atomic mass is 35.5. The summed E-state index contributed by atoms with van der Waals surface area (Å²) in [5.41, 5.74) is 1.53. The fourth-order valence-corrected chi connectivity index (χ4v) is 2.84. The third kappa shape index (κ3) is 4.85. The van der Waals surface area contributed by atoms with E-state index in [0.29, 0.717) is 5.02 Å². The number of benzene rings is 1. The highest BCUT2D eigenvalue weighted by Gasteiger charge is 2.18. The lowest BCUT2D eigenvalue weighted by Crippen LogP contribution is -2.29. The van der Waals surface area contributed by atoms with Gasteiger partial charge in [0.1, 0.15) is 0 Å². The molecule has 1 unspecified atom stereocenters. The molecule has 3 aromatic rings. The Balaban J connectivity index is 1.63. The van der Waals surface area contributed by atoms with E-state index in [2.05, 4.69) is 15.3 Å². The number of fused-ring (bicyclic) bond motifs is 1. The van der Waals surface area contributed by atoms with Gasteiger partial charge in [0.25, 0.3) is 5.91 Å². The number of carbonyl (C=O) groups is 2. The summed E-state index contributed by atoms with van der Waals surface area (Å²) in [6.07, 6.45) is 4.83. The van der Waals surface area contributed by atoms with Gasteiger partial charge in [0.05, 0.1) is 15.6 Å². The summed E-state index contributed by atoms with van der Waals surface area (Å²) in [6.45, 7) is 1.45. The number of hydrogen-bond donors (Lipinski definition) is 1. The van der Waals surface area contributed by atoms with Crippen LogP contribution in [0.2, 0.25) is 10.0 Å². The van der Waals surface area contributed by atoms with E-state index >= 15 is 0 Å². The lowest BCUT2D eigenvalue weighted by Gasteiger charge is -2.12. The summed E-state index contributed by atoms with van der Waals surface area (Å²) in [5.74, 6) is -1.09. The first-order chi connectivity index (χ1) is 13.4. The van der Waals surface area contributed by atoms with Gasteiger partial charge in [-0.25, -0.2) is 9.78 Å². The molecular formula is C20H15Cl2N3O3. The number of aromatic nitrogens is 2. The van der Waals surface area contributed by atoms with E-state index in [1.54, 1.807) is 12.3 Å². The van der Waals surface area contributed by atoms with Crippen LogP contribution in [-0.2, 0) is 14.3 Å². The number of rotatable bonds is 5. The van der Waals surface area contributed by atoms with Crippen molar-refractivity contribution < 1.29 is 14.3 Å². The maximum Gasteiger partial charge on any atom is 0.331 e. The van der Waals surface area contributed by atoms with E-state index in [4.69, 9.17) is 27.9 Å². The molecule has 6 nitrogen and oxygen atoms in total. The highest BCUT2D eigenvalue weighted by molar-refractivity contribution is 6.36. The average Bonchev–Trinajstić information content (AvgIpc) is 2.68. The zero-order valence-electron chi connectivity index (χ0n) is 14.7. The van der Waals surface area contributed by atoms with Crippen molar-refractivity contribution >= 4 is 57.9 Å². The molecule has 1 atom stereocenters. The Morgan fingerprint density at radius 1 is 1.18 bits per heavy atom. The fraction of sp³-hybridized carbons (Fsp3) is 0.100. The lowest BCUT2D eigenvalue weighted by atomic mass is 10.1. The monoisotopic (exact) mass is 415 g/mol. The second-order valence-electron chi connectivity index (χ2n) is 5.81. The topological polar surface area (TPSA) is 81.2 Å². The van der Waals surface area contributed by atoms with Crippen molar-refractivity contribution in [2.75, 3.05) is 5.32 Å². The van der Waals surface area contributed by atoms with E-state index in [9.17, 15) is 9.59 Å². The Labute approximate surface area is 171 Å². The molecule has 0 aliphatic heterocycles. The zero-order chi connectivity index (χ0) is 20.1. The van der Waals surface area contributed by atoms with Gasteiger partial charge in [-0.05, 0) is 25.1 Å². The lowest BCUT2D eigenvalue weighted by molar-refractivity contribution is -0.148. The van der Waals surface area contributed by atoms with Crippen LogP contribution in [-0.4, -0.2) is 27.9 Å². The van der Waals surface area contributed by atoms with Gasteiger partial charge in [-0.2, -0.15) is 0 Å². The predicted octanol–water partition coefficient (Wildman–Crippen LogP) is 4.52. The van der Waals surface area contributed by atoms with Crippen molar-refractivity contribution in [3.05, 3.63) is 70.5 Å². The summed E-state index contributed by atoms with van der Waals surface area (Å²) in [7, 11) is 0. The van der Waals surface area contributed by atoms with E-state index in [1.165, 1.54) is 25.3 Å². The van der Waals surface area contributed by atoms with Crippen LogP contribution in [0.1, 0.15) is 12.5 Å². The molecule has 0 fully saturated rings. The van der Waals surface area contributed by atoms with E-state index in [0.717, 1.165) is 16.5 Å². The largest absolute Gasteiger partial charge is 0.449 e. The summed E-state index contributed by atoms with van der Waals surface area (Å²) >= 11 is 11.7. The second kappa shape index (κ2) is 8.82. The molecule has 2 heterocycles. The molecule has 0 aliphatic rings. The normalized spacial score (nSPS) is 12.1. The van der Waals surface area contributed by atoms with Gasteiger partial charge in [-0.3, -0.25) is 9.78 Å². The first-order valence-electron chi connectivity index (χ1n) is 8.28. The van der Waals surface area contributed by atoms with Crippen LogP contribution >= 0.6 is 23.2 Å². The van der Waals surface area contributed by atoms with Crippen molar-refractivity contribution in [1.82, 2.24) is 9.97 Å². The van der Waals surface area contributed by atoms with E-state index in [-0.39, 0.29) is 10.8 Å². The van der Waals surface area contributed by atoms with E-state index in [1.807, 2.05) is 30.3 Å². The molecule has 0 saturated carbocycles. The molecule has 0 aliphatic carbocycles. The minimum atomic E-state index is -1.05. The van der Waals surface area contributed by atoms with Crippen LogP contribution in [0.4, 0.5) is 5.82 Å². The van der Waals surface area contributed by atoms with Crippen LogP contribution in [0.3, 0.4) is 0 Å². The molecule has 1 amide bonds. The number of nitrogens with zero attached hydrogens (tertiary/aromatic N) is 2. The van der Waals surface area contributed by atoms with Gasteiger partial charge < -0.3 is 10.1 Å². The van der Waals surface area contributed by atoms with Gasteiger partial charge in [0.15, 0.2) is 11.9 Å². The first kappa shape index (κ1) is 19.8. The molecule has 0 bridgehead atoms. The van der Waals surface area contributed by atoms with Gasteiger partial charge in [-0.1, -0.05) is 47.5 Å². The van der Waals surface area contributed by atoms with Crippen molar-refractivity contribution in [3.8, 4) is 0 Å². The third-order valence-electron chi connectivity index (χ3n) is 3.77. The molecule has 1 aromatic carbocycles. The number of nitrogens with one attached hydrogen (secondary N) is 1. The molecule has 8 heteroatoms. The predicted molar refractivity (Wildman–Crippen MR) is 109 cm³/mol. The number of para-hydroxylation sites is 1. The minimum absolute atomic E-state index is 0.135. The first-order valence-corrected chi connectivity index (χ1v) is 9.04. The zero-order valence-corrected chi connectivity index (χ0v) is 16.2. The van der Waals surface area contributed by atoms with Gasteiger partial charge in [0.2, 0.25) is 0 Å². The minimum Gasteiger partial charge on any atom is -0.449 e. The average molecular weight is 416 g/mol. The van der Waals surface area contributed by atoms with Gasteiger partial charge in [-0.15, -0.1) is 0 Å². The maximum absolute atomic E-state index is 12.2. The van der Waals surface area contributed by atoms with Gasteiger partial charge >= 0.3 is 5.97 Å². The molecule has 1 N–H and O–H groups in total. The Hall–Kier alpha value is -2.96. The van der Waals surface area contributed by atoms with E-state index < -0.39 is 18.0 Å². The number of esters is 1. The molecule has 142 valence electrons. The number of carbonyl (C=O) groups excluding carboxylic acids is 2. The summed E-state index contributed by atoms with van der Waals surface area (Å²) in [4.78, 5) is 32.5. The number of halogens is 2. The Bertz CT molecular complexity index is 1060. The second-order valence-corrected chi connectivity index (χ2v) is 6.65. The van der Waals surface area contributed by atoms with Crippen molar-refractivity contribution in [2.45, 2.75) is 13.0 Å². The highest BCUT2D eigenvalue weighted by Crippen LogP contribution is 2.22. The van der Waals surface area contributed by atoms with Crippen molar-refractivity contribution in [3.63, 3.8) is 0 Å². The summed E-state index contributed by atoms with van der Waals surface area (Å²) < 4.78 is 5.13. The molecule has 0 saturated heterocycles. The summed E-state index contributed by atoms with van der Waals surface area (Å²) in [6, 6.07) is 10.9. The van der Waals surface area contributed by atoms with Crippen molar-refractivity contribution in [1.29, 1.82) is 0 Å². The SMILES string of the molecule is CC(OC(=O)C=Cc1cccc2cccnc12)C(=O)Nc1ncc(Cl)cc1Cl. The standard InChI is InChI=1S/C20H15Cl2N3O3/c1-12(20(27)25-19-16(22)10-15(21)11-24-19)28-17(26)8-7-14-5-2-4-13-6-3-9-23-18(13)14/h2-12H,1H3,(H,24,25,27). The van der Waals surface area contributed by atoms with Crippen LogP contribution < -0.4 is 5.32 Å². The third-order valence-corrected chi connectivity index (χ3v) is 4.27. The molecular weight excluding hydrogens is 401 g/mol. The van der Waals surface area contributed by atoms with Crippen LogP contribution in [0, 0.1) is 0 Å². The molecule has 28 heavy (non-hydrogen) atoms. The Morgan fingerprint density at radius 2 is 1.96 bits per heavy atom. The molecule has 2 aromatic heterocycles. The Kier molecular flexibility index (Phi) is 6.23. The maximum atomic E-state index is 12.2. The molecule has 3 rings (SSSR count). The Morgan fingerprint density at radius 3 is 2.75 bits per heavy atom. The number of hydrogen-bond acceptors (Lipinski definition) is 5. The van der Waals surface area contributed by atoms with Crippen LogP contribution in [0.15, 0.2) is 54.9 Å². The number of ether oxygens (including phenoxy) is 1. The summed E-state index contributed by atoms with van der Waals surface area (Å²) in [5, 5.41) is 3.97.